The molecule has 1 saturated carbocycles. The van der Waals surface area contributed by atoms with E-state index in [-0.39, 0.29) is 23.7 Å². The molecular formula is C33H41ClFN3O2S. The van der Waals surface area contributed by atoms with Crippen LogP contribution >= 0.6 is 22.9 Å². The van der Waals surface area contributed by atoms with Crippen molar-refractivity contribution in [1.29, 1.82) is 0 Å². The van der Waals surface area contributed by atoms with E-state index in [0.717, 1.165) is 72.9 Å². The molecule has 0 amide bonds. The predicted molar refractivity (Wildman–Crippen MR) is 164 cm³/mol. The standard InChI is InChI=1S/C33H41ClFN3O2S/c1-21(2)32(33(39)40)37(3)27-16-25(28(18-27)23-8-6-9-26(35)15-23)20-38-13-11-22(12-14-38)30-19-36-31(41-30)17-24-7-4-5-10-29(24)34/h4-10,15,19,21-22,25,27-28,32H,11-14,16-18,20H2,1-3H3,(H,39,40)/t25?,27?,28?,32-/m1/s1. The molecule has 1 aromatic heterocycles. The van der Waals surface area contributed by atoms with Crippen LogP contribution in [0.1, 0.15) is 72.4 Å². The van der Waals surface area contributed by atoms with Gasteiger partial charge in [0, 0.05) is 35.1 Å². The number of benzene rings is 2. The van der Waals surface area contributed by atoms with Gasteiger partial charge in [0.25, 0.3) is 0 Å². The van der Waals surface area contributed by atoms with Gasteiger partial charge in [-0.25, -0.2) is 9.37 Å². The minimum atomic E-state index is -0.770. The summed E-state index contributed by atoms with van der Waals surface area (Å²) in [6.07, 6.45) is 6.80. The number of carbonyl (C=O) groups is 1. The fourth-order valence-corrected chi connectivity index (χ4v) is 8.38. The lowest BCUT2D eigenvalue weighted by molar-refractivity contribution is -0.145. The van der Waals surface area contributed by atoms with E-state index in [9.17, 15) is 14.3 Å². The van der Waals surface area contributed by atoms with Crippen molar-refractivity contribution in [2.75, 3.05) is 26.7 Å². The van der Waals surface area contributed by atoms with Gasteiger partial charge in [-0.15, -0.1) is 11.3 Å². The smallest absolute Gasteiger partial charge is 0.321 e. The van der Waals surface area contributed by atoms with Crippen LogP contribution in [0.4, 0.5) is 4.39 Å². The summed E-state index contributed by atoms with van der Waals surface area (Å²) in [6.45, 7) is 6.95. The van der Waals surface area contributed by atoms with E-state index in [2.05, 4.69) is 22.1 Å². The third-order valence-corrected chi connectivity index (χ3v) is 10.7. The third kappa shape index (κ3) is 7.19. The largest absolute Gasteiger partial charge is 0.480 e. The van der Waals surface area contributed by atoms with Crippen LogP contribution in [0.5, 0.6) is 0 Å². The first-order valence-electron chi connectivity index (χ1n) is 14.8. The summed E-state index contributed by atoms with van der Waals surface area (Å²) in [5.41, 5.74) is 2.15. The van der Waals surface area contributed by atoms with Crippen molar-refractivity contribution in [3.05, 3.63) is 86.6 Å². The van der Waals surface area contributed by atoms with Gasteiger partial charge < -0.3 is 10.0 Å². The quantitative estimate of drug-likeness (QED) is 0.266. The lowest BCUT2D eigenvalue weighted by Gasteiger charge is -2.35. The number of aromatic nitrogens is 1. The Hall–Kier alpha value is -2.32. The van der Waals surface area contributed by atoms with Crippen molar-refractivity contribution < 1.29 is 14.3 Å². The van der Waals surface area contributed by atoms with Crippen LogP contribution in [-0.2, 0) is 11.2 Å². The second-order valence-electron chi connectivity index (χ2n) is 12.2. The highest BCUT2D eigenvalue weighted by Gasteiger charge is 2.41. The van der Waals surface area contributed by atoms with Gasteiger partial charge in [0.2, 0.25) is 0 Å². The Morgan fingerprint density at radius 3 is 2.61 bits per heavy atom. The van der Waals surface area contributed by atoms with Crippen molar-refractivity contribution in [1.82, 2.24) is 14.8 Å². The van der Waals surface area contributed by atoms with Crippen molar-refractivity contribution >= 4 is 28.9 Å². The van der Waals surface area contributed by atoms with Gasteiger partial charge in [-0.2, -0.15) is 0 Å². The number of rotatable bonds is 10. The van der Waals surface area contributed by atoms with Crippen LogP contribution in [0.25, 0.3) is 0 Å². The second kappa shape index (κ2) is 13.3. The lowest BCUT2D eigenvalue weighted by Crippen LogP contribution is -2.47. The molecule has 0 radical (unpaired) electrons. The maximum atomic E-state index is 14.2. The molecule has 2 aliphatic rings. The molecule has 41 heavy (non-hydrogen) atoms. The van der Waals surface area contributed by atoms with Crippen LogP contribution in [0, 0.1) is 17.7 Å². The summed E-state index contributed by atoms with van der Waals surface area (Å²) >= 11 is 8.18. The SMILES string of the molecule is CC(C)[C@H](C(=O)O)N(C)C1CC(CN2CCC(c3cnc(Cc4ccccc4Cl)s3)CC2)C(c2cccc(F)c2)C1. The summed E-state index contributed by atoms with van der Waals surface area (Å²) in [6, 6.07) is 14.6. The topological polar surface area (TPSA) is 56.7 Å². The summed E-state index contributed by atoms with van der Waals surface area (Å²) < 4.78 is 14.2. The molecule has 1 aliphatic carbocycles. The molecule has 8 heteroatoms. The summed E-state index contributed by atoms with van der Waals surface area (Å²) in [7, 11) is 1.95. The molecule has 1 aliphatic heterocycles. The first-order valence-corrected chi connectivity index (χ1v) is 16.0. The average molecular weight is 598 g/mol. The highest BCUT2D eigenvalue weighted by molar-refractivity contribution is 7.11. The Morgan fingerprint density at radius 1 is 1.17 bits per heavy atom. The van der Waals surface area contributed by atoms with Crippen LogP contribution in [0.15, 0.2) is 54.7 Å². The summed E-state index contributed by atoms with van der Waals surface area (Å²) in [4.78, 5) is 22.8. The maximum Gasteiger partial charge on any atom is 0.321 e. The van der Waals surface area contributed by atoms with E-state index >= 15 is 0 Å². The summed E-state index contributed by atoms with van der Waals surface area (Å²) in [5, 5.41) is 11.8. The molecule has 2 fully saturated rings. The molecule has 3 aromatic rings. The highest BCUT2D eigenvalue weighted by Crippen LogP contribution is 2.44. The molecule has 2 heterocycles. The number of nitrogens with zero attached hydrogens (tertiary/aromatic N) is 3. The number of thiazole rings is 1. The maximum absolute atomic E-state index is 14.2. The van der Waals surface area contributed by atoms with Crippen molar-refractivity contribution in [2.45, 2.75) is 69.9 Å². The highest BCUT2D eigenvalue weighted by atomic mass is 35.5. The molecule has 3 unspecified atom stereocenters. The monoisotopic (exact) mass is 597 g/mol. The number of likely N-dealkylation sites (tertiary alicyclic amines) is 1. The van der Waals surface area contributed by atoms with E-state index in [1.807, 2.05) is 56.5 Å². The van der Waals surface area contributed by atoms with Gasteiger partial charge in [-0.1, -0.05) is 55.8 Å². The van der Waals surface area contributed by atoms with Gasteiger partial charge in [0.1, 0.15) is 11.9 Å². The Bertz CT molecular complexity index is 1330. The zero-order valence-corrected chi connectivity index (χ0v) is 25.8. The number of carboxylic acid groups (broad SMARTS) is 1. The molecule has 1 saturated heterocycles. The Kier molecular flexibility index (Phi) is 9.80. The molecule has 4 atom stereocenters. The number of hydrogen-bond acceptors (Lipinski definition) is 5. The number of hydrogen-bond donors (Lipinski definition) is 1. The molecule has 5 nitrogen and oxygen atoms in total. The van der Waals surface area contributed by atoms with Crippen LogP contribution in [-0.4, -0.2) is 64.6 Å². The van der Waals surface area contributed by atoms with Gasteiger partial charge in [0.05, 0.1) is 5.01 Å². The Balaban J connectivity index is 1.23. The first-order chi connectivity index (χ1) is 19.7. The van der Waals surface area contributed by atoms with Crippen LogP contribution in [0.3, 0.4) is 0 Å². The molecule has 1 N–H and O–H groups in total. The number of halogens is 2. The minimum absolute atomic E-state index is 0.0140. The fraction of sp³-hybridized carbons (Fsp3) is 0.515. The van der Waals surface area contributed by atoms with E-state index in [1.54, 1.807) is 12.1 Å². The van der Waals surface area contributed by atoms with Gasteiger partial charge in [0.15, 0.2) is 0 Å². The second-order valence-corrected chi connectivity index (χ2v) is 13.8. The Labute approximate surface area is 252 Å². The van der Waals surface area contributed by atoms with Crippen molar-refractivity contribution in [3.63, 3.8) is 0 Å². The molecular weight excluding hydrogens is 557 g/mol. The van der Waals surface area contributed by atoms with E-state index in [1.165, 1.54) is 10.9 Å². The van der Waals surface area contributed by atoms with Crippen LogP contribution in [0.2, 0.25) is 5.02 Å². The van der Waals surface area contributed by atoms with E-state index in [4.69, 9.17) is 16.6 Å². The zero-order chi connectivity index (χ0) is 29.1. The number of aliphatic carboxylic acids is 1. The molecule has 0 spiro atoms. The molecule has 220 valence electrons. The number of piperidine rings is 1. The third-order valence-electron chi connectivity index (χ3n) is 9.20. The van der Waals surface area contributed by atoms with Crippen LogP contribution < -0.4 is 0 Å². The van der Waals surface area contributed by atoms with Gasteiger partial charge in [-0.05, 0) is 98.8 Å². The minimum Gasteiger partial charge on any atom is -0.480 e. The normalized spacial score (nSPS) is 23.0. The van der Waals surface area contributed by atoms with Gasteiger partial charge >= 0.3 is 5.97 Å². The van der Waals surface area contributed by atoms with Crippen molar-refractivity contribution in [2.24, 2.45) is 11.8 Å². The zero-order valence-electron chi connectivity index (χ0n) is 24.2. The average Bonchev–Trinajstić information content (AvgIpc) is 3.58. The Morgan fingerprint density at radius 2 is 1.93 bits per heavy atom. The molecule has 0 bridgehead atoms. The van der Waals surface area contributed by atoms with E-state index in [0.29, 0.717) is 11.8 Å². The summed E-state index contributed by atoms with van der Waals surface area (Å²) in [5.74, 6) is 0.128. The first kappa shape index (κ1) is 30.1. The molecule has 2 aromatic carbocycles. The van der Waals surface area contributed by atoms with Crippen molar-refractivity contribution in [3.8, 4) is 0 Å². The lowest BCUT2D eigenvalue weighted by atomic mass is 9.87. The predicted octanol–water partition coefficient (Wildman–Crippen LogP) is 7.31. The number of likely N-dealkylation sites (N-methyl/N-ethyl adjacent to an activating group) is 1. The fourth-order valence-electron chi connectivity index (χ4n) is 7.06. The molecule has 5 rings (SSSR count). The van der Waals surface area contributed by atoms with Gasteiger partial charge in [-0.3, -0.25) is 9.69 Å². The number of carboxylic acids is 1. The van der Waals surface area contributed by atoms with E-state index < -0.39 is 12.0 Å².